The second kappa shape index (κ2) is 7.11. The highest BCUT2D eigenvalue weighted by Crippen LogP contribution is 2.34. The number of carbonyl (C=O) groups excluding carboxylic acids is 2. The molecule has 2 amide bonds. The molecular formula is C16H19F3N2O3. The topological polar surface area (TPSA) is 67.4 Å². The van der Waals surface area contributed by atoms with Crippen LogP contribution in [0.1, 0.15) is 37.8 Å². The minimum Gasteiger partial charge on any atom is -0.491 e. The maximum Gasteiger partial charge on any atom is 0.416 e. The molecular weight excluding hydrogens is 325 g/mol. The van der Waals surface area contributed by atoms with E-state index in [1.807, 2.05) is 0 Å². The number of amides is 2. The van der Waals surface area contributed by atoms with Crippen molar-refractivity contribution in [3.05, 3.63) is 29.3 Å². The van der Waals surface area contributed by atoms with Gasteiger partial charge in [0.25, 0.3) is 0 Å². The van der Waals surface area contributed by atoms with E-state index < -0.39 is 23.7 Å². The number of ether oxygens (including phenoxy) is 1. The Kier molecular flexibility index (Phi) is 5.36. The van der Waals surface area contributed by atoms with Crippen LogP contribution in [0.15, 0.2) is 18.2 Å². The molecule has 0 bridgehead atoms. The minimum atomic E-state index is -4.56. The first-order valence-electron chi connectivity index (χ1n) is 7.60. The number of hydrogen-bond acceptors (Lipinski definition) is 3. The zero-order chi connectivity index (χ0) is 17.9. The summed E-state index contributed by atoms with van der Waals surface area (Å²) < 4.78 is 44.9. The predicted molar refractivity (Wildman–Crippen MR) is 80.2 cm³/mol. The first-order valence-corrected chi connectivity index (χ1v) is 7.60. The number of rotatable bonds is 5. The molecule has 0 spiro atoms. The number of halogens is 3. The van der Waals surface area contributed by atoms with Crippen molar-refractivity contribution in [1.82, 2.24) is 10.6 Å². The predicted octanol–water partition coefficient (Wildman–Crippen LogP) is 2.39. The fourth-order valence-electron chi connectivity index (χ4n) is 2.44. The van der Waals surface area contributed by atoms with Crippen LogP contribution in [0.3, 0.4) is 0 Å². The minimum absolute atomic E-state index is 0.0590. The SMILES string of the molecule is CC(C)Oc1ccc(CNC(=O)[C@@H]2CCC(=O)N2)c(C(F)(F)F)c1. The summed E-state index contributed by atoms with van der Waals surface area (Å²) in [6.07, 6.45) is -4.22. The number of hydrogen-bond donors (Lipinski definition) is 2. The summed E-state index contributed by atoms with van der Waals surface area (Å²) in [6, 6.07) is 2.97. The summed E-state index contributed by atoms with van der Waals surface area (Å²) in [5.41, 5.74) is -0.910. The van der Waals surface area contributed by atoms with E-state index >= 15 is 0 Å². The first kappa shape index (κ1) is 18.1. The quantitative estimate of drug-likeness (QED) is 0.862. The van der Waals surface area contributed by atoms with E-state index in [0.717, 1.165) is 6.07 Å². The molecule has 1 heterocycles. The van der Waals surface area contributed by atoms with Gasteiger partial charge in [0, 0.05) is 13.0 Å². The van der Waals surface area contributed by atoms with Gasteiger partial charge in [0.15, 0.2) is 0 Å². The molecule has 132 valence electrons. The Morgan fingerprint density at radius 2 is 2.12 bits per heavy atom. The van der Waals surface area contributed by atoms with Crippen molar-refractivity contribution in [3.8, 4) is 5.75 Å². The maximum absolute atomic E-state index is 13.2. The average Bonchev–Trinajstić information content (AvgIpc) is 2.90. The summed E-state index contributed by atoms with van der Waals surface area (Å²) in [5, 5.41) is 4.91. The van der Waals surface area contributed by atoms with Crippen LogP contribution in [-0.2, 0) is 22.3 Å². The van der Waals surface area contributed by atoms with Crippen molar-refractivity contribution in [2.45, 2.75) is 51.6 Å². The summed E-state index contributed by atoms with van der Waals surface area (Å²) in [4.78, 5) is 23.0. The van der Waals surface area contributed by atoms with Crippen LogP contribution in [0.4, 0.5) is 13.2 Å². The largest absolute Gasteiger partial charge is 0.491 e. The second-order valence-corrected chi connectivity index (χ2v) is 5.86. The second-order valence-electron chi connectivity index (χ2n) is 5.86. The van der Waals surface area contributed by atoms with E-state index in [4.69, 9.17) is 4.74 Å². The van der Waals surface area contributed by atoms with Crippen LogP contribution in [0.5, 0.6) is 5.75 Å². The molecule has 5 nitrogen and oxygen atoms in total. The van der Waals surface area contributed by atoms with Crippen LogP contribution in [0.25, 0.3) is 0 Å². The van der Waals surface area contributed by atoms with Crippen LogP contribution >= 0.6 is 0 Å². The standard InChI is InChI=1S/C16H19F3N2O3/c1-9(2)24-11-4-3-10(12(7-11)16(17,18)19)8-20-15(23)13-5-6-14(22)21-13/h3-4,7,9,13H,5-6,8H2,1-2H3,(H,20,23)(H,21,22)/t13-/m0/s1. The van der Waals surface area contributed by atoms with Crippen molar-refractivity contribution in [2.24, 2.45) is 0 Å². The van der Waals surface area contributed by atoms with Gasteiger partial charge in [0.2, 0.25) is 11.8 Å². The van der Waals surface area contributed by atoms with Gasteiger partial charge in [-0.25, -0.2) is 0 Å². The van der Waals surface area contributed by atoms with Gasteiger partial charge in [-0.05, 0) is 38.0 Å². The van der Waals surface area contributed by atoms with E-state index in [1.54, 1.807) is 13.8 Å². The lowest BCUT2D eigenvalue weighted by Crippen LogP contribution is -2.41. The molecule has 1 atom stereocenters. The highest BCUT2D eigenvalue weighted by molar-refractivity contribution is 5.90. The van der Waals surface area contributed by atoms with Gasteiger partial charge in [0.1, 0.15) is 11.8 Å². The molecule has 1 aromatic rings. The van der Waals surface area contributed by atoms with Crippen LogP contribution in [0, 0.1) is 0 Å². The maximum atomic E-state index is 13.2. The molecule has 0 aromatic heterocycles. The summed E-state index contributed by atoms with van der Waals surface area (Å²) in [5.74, 6) is -0.603. The molecule has 1 saturated heterocycles. The van der Waals surface area contributed by atoms with Crippen molar-refractivity contribution in [1.29, 1.82) is 0 Å². The fraction of sp³-hybridized carbons (Fsp3) is 0.500. The summed E-state index contributed by atoms with van der Waals surface area (Å²) in [7, 11) is 0. The molecule has 1 fully saturated rings. The van der Waals surface area contributed by atoms with E-state index in [-0.39, 0.29) is 36.3 Å². The first-order chi connectivity index (χ1) is 11.2. The van der Waals surface area contributed by atoms with Crippen LogP contribution in [-0.4, -0.2) is 24.0 Å². The Morgan fingerprint density at radius 1 is 1.42 bits per heavy atom. The smallest absolute Gasteiger partial charge is 0.416 e. The molecule has 2 rings (SSSR count). The Morgan fingerprint density at radius 3 is 2.67 bits per heavy atom. The highest BCUT2D eigenvalue weighted by atomic mass is 19.4. The van der Waals surface area contributed by atoms with E-state index in [1.165, 1.54) is 12.1 Å². The van der Waals surface area contributed by atoms with Crippen LogP contribution in [0.2, 0.25) is 0 Å². The van der Waals surface area contributed by atoms with Gasteiger partial charge in [-0.3, -0.25) is 9.59 Å². The van der Waals surface area contributed by atoms with Gasteiger partial charge < -0.3 is 15.4 Å². The number of alkyl halides is 3. The molecule has 0 unspecified atom stereocenters. The summed E-state index contributed by atoms with van der Waals surface area (Å²) in [6.45, 7) is 3.16. The normalized spacial score (nSPS) is 17.8. The Labute approximate surface area is 137 Å². The molecule has 24 heavy (non-hydrogen) atoms. The van der Waals surface area contributed by atoms with Gasteiger partial charge >= 0.3 is 6.18 Å². The summed E-state index contributed by atoms with van der Waals surface area (Å²) >= 11 is 0. The molecule has 0 aliphatic carbocycles. The lowest BCUT2D eigenvalue weighted by Gasteiger charge is -2.17. The monoisotopic (exact) mass is 344 g/mol. The molecule has 0 radical (unpaired) electrons. The van der Waals surface area contributed by atoms with Gasteiger partial charge in [0.05, 0.1) is 11.7 Å². The van der Waals surface area contributed by atoms with Crippen molar-refractivity contribution >= 4 is 11.8 Å². The van der Waals surface area contributed by atoms with Crippen molar-refractivity contribution < 1.29 is 27.5 Å². The van der Waals surface area contributed by atoms with Crippen LogP contribution < -0.4 is 15.4 Å². The average molecular weight is 344 g/mol. The lowest BCUT2D eigenvalue weighted by atomic mass is 10.1. The van der Waals surface area contributed by atoms with Crippen molar-refractivity contribution in [3.63, 3.8) is 0 Å². The van der Waals surface area contributed by atoms with Gasteiger partial charge in [-0.1, -0.05) is 6.07 Å². The Bertz CT molecular complexity index is 629. The Balaban J connectivity index is 2.11. The third kappa shape index (κ3) is 4.62. The zero-order valence-corrected chi connectivity index (χ0v) is 13.4. The number of nitrogens with one attached hydrogen (secondary N) is 2. The van der Waals surface area contributed by atoms with E-state index in [2.05, 4.69) is 10.6 Å². The van der Waals surface area contributed by atoms with Gasteiger partial charge in [-0.15, -0.1) is 0 Å². The lowest BCUT2D eigenvalue weighted by molar-refractivity contribution is -0.138. The van der Waals surface area contributed by atoms with E-state index in [0.29, 0.717) is 6.42 Å². The zero-order valence-electron chi connectivity index (χ0n) is 13.4. The molecule has 1 aromatic carbocycles. The van der Waals surface area contributed by atoms with E-state index in [9.17, 15) is 22.8 Å². The van der Waals surface area contributed by atoms with Gasteiger partial charge in [-0.2, -0.15) is 13.2 Å². The molecule has 1 aliphatic rings. The molecule has 2 N–H and O–H groups in total. The third-order valence-corrected chi connectivity index (χ3v) is 3.52. The third-order valence-electron chi connectivity index (χ3n) is 3.52. The molecule has 0 saturated carbocycles. The fourth-order valence-corrected chi connectivity index (χ4v) is 2.44. The highest BCUT2D eigenvalue weighted by Gasteiger charge is 2.34. The number of benzene rings is 1. The Hall–Kier alpha value is -2.25. The molecule has 1 aliphatic heterocycles. The number of carbonyl (C=O) groups is 2. The van der Waals surface area contributed by atoms with Crippen molar-refractivity contribution in [2.75, 3.05) is 0 Å². The molecule has 8 heteroatoms.